The average Bonchev–Trinajstić information content (AvgIpc) is 3.19. The predicted octanol–water partition coefficient (Wildman–Crippen LogP) is 5.91. The summed E-state index contributed by atoms with van der Waals surface area (Å²) in [5.74, 6) is -0.198. The zero-order valence-electron chi connectivity index (χ0n) is 20.2. The topological polar surface area (TPSA) is 52.7 Å². The van der Waals surface area contributed by atoms with Gasteiger partial charge in [-0.2, -0.15) is 0 Å². The van der Waals surface area contributed by atoms with Crippen LogP contribution < -0.4 is 10.2 Å². The smallest absolute Gasteiger partial charge is 0.255 e. The van der Waals surface area contributed by atoms with E-state index in [1.165, 1.54) is 29.7 Å². The van der Waals surface area contributed by atoms with Gasteiger partial charge in [0.15, 0.2) is 0 Å². The van der Waals surface area contributed by atoms with Crippen LogP contribution in [0.25, 0.3) is 0 Å². The normalized spacial score (nSPS) is 15.8. The second-order valence-electron chi connectivity index (χ2n) is 9.56. The van der Waals surface area contributed by atoms with Crippen LogP contribution in [0, 0.1) is 0 Å². The molecule has 0 bridgehead atoms. The molecule has 0 aliphatic carbocycles. The van der Waals surface area contributed by atoms with Crippen LogP contribution in [-0.2, 0) is 13.0 Å². The summed E-state index contributed by atoms with van der Waals surface area (Å²) in [7, 11) is 0. The molecular formula is C30H33N3O2. The van der Waals surface area contributed by atoms with Crippen LogP contribution in [0.2, 0.25) is 0 Å². The van der Waals surface area contributed by atoms with Crippen molar-refractivity contribution in [3.63, 3.8) is 0 Å². The molecule has 5 heteroatoms. The first kappa shape index (κ1) is 23.2. The lowest BCUT2D eigenvalue weighted by Crippen LogP contribution is -2.32. The molecule has 2 heterocycles. The molecule has 0 saturated carbocycles. The molecule has 2 amide bonds. The molecule has 0 spiro atoms. The predicted molar refractivity (Wildman–Crippen MR) is 141 cm³/mol. The van der Waals surface area contributed by atoms with Gasteiger partial charge in [0.25, 0.3) is 11.8 Å². The number of para-hydroxylation sites is 2. The van der Waals surface area contributed by atoms with Gasteiger partial charge < -0.3 is 15.1 Å². The number of carbonyl (C=O) groups excluding carboxylic acids is 2. The van der Waals surface area contributed by atoms with Crippen LogP contribution in [0.4, 0.5) is 11.4 Å². The van der Waals surface area contributed by atoms with E-state index in [1.54, 1.807) is 0 Å². The summed E-state index contributed by atoms with van der Waals surface area (Å²) in [6.45, 7) is 3.43. The Kier molecular flexibility index (Phi) is 7.12. The molecule has 0 atom stereocenters. The molecule has 0 unspecified atom stereocenters. The molecule has 0 radical (unpaired) electrons. The highest BCUT2D eigenvalue weighted by atomic mass is 16.2. The van der Waals surface area contributed by atoms with E-state index >= 15 is 0 Å². The minimum atomic E-state index is -0.198. The zero-order valence-corrected chi connectivity index (χ0v) is 20.2. The lowest BCUT2D eigenvalue weighted by Gasteiger charge is -2.31. The third-order valence-corrected chi connectivity index (χ3v) is 7.09. The summed E-state index contributed by atoms with van der Waals surface area (Å²) in [5.41, 5.74) is 5.61. The van der Waals surface area contributed by atoms with Crippen LogP contribution >= 0.6 is 0 Å². The fourth-order valence-corrected chi connectivity index (χ4v) is 5.17. The van der Waals surface area contributed by atoms with E-state index in [-0.39, 0.29) is 11.8 Å². The van der Waals surface area contributed by atoms with E-state index < -0.39 is 0 Å². The van der Waals surface area contributed by atoms with Crippen LogP contribution in [0.5, 0.6) is 0 Å². The molecular weight excluding hydrogens is 434 g/mol. The highest BCUT2D eigenvalue weighted by Gasteiger charge is 2.21. The maximum Gasteiger partial charge on any atom is 0.255 e. The molecule has 3 aromatic carbocycles. The number of rotatable bonds is 5. The van der Waals surface area contributed by atoms with Gasteiger partial charge in [-0.05, 0) is 67.1 Å². The van der Waals surface area contributed by atoms with Crippen LogP contribution in [0.1, 0.15) is 63.9 Å². The number of anilines is 2. The average molecular weight is 468 g/mol. The number of hydrogen-bond acceptors (Lipinski definition) is 3. The van der Waals surface area contributed by atoms with E-state index in [1.807, 2.05) is 53.4 Å². The first-order valence-electron chi connectivity index (χ1n) is 12.8. The third kappa shape index (κ3) is 5.40. The largest absolute Gasteiger partial charge is 0.367 e. The Morgan fingerprint density at radius 3 is 2.26 bits per heavy atom. The maximum absolute atomic E-state index is 13.2. The molecule has 1 N–H and O–H groups in total. The molecule has 2 aliphatic heterocycles. The highest BCUT2D eigenvalue weighted by molar-refractivity contribution is 6.09. The third-order valence-electron chi connectivity index (χ3n) is 7.09. The maximum atomic E-state index is 13.2. The summed E-state index contributed by atoms with van der Waals surface area (Å²) in [6.07, 6.45) is 6.71. The first-order chi connectivity index (χ1) is 17.2. The quantitative estimate of drug-likeness (QED) is 0.508. The van der Waals surface area contributed by atoms with Gasteiger partial charge in [-0.1, -0.05) is 55.3 Å². The standard InChI is InChI=1S/C30H33N3O2/c34-29(31-27-13-5-4-12-26(27)30(35)32-19-7-1-2-8-20-32)25-17-15-23(16-18-25)22-33-21-9-11-24-10-3-6-14-28(24)33/h3-6,10,12-18H,1-2,7-9,11,19-22H2,(H,31,34). The lowest BCUT2D eigenvalue weighted by atomic mass is 10.0. The number of carbonyl (C=O) groups is 2. The van der Waals surface area contributed by atoms with E-state index in [0.29, 0.717) is 16.8 Å². The number of nitrogens with one attached hydrogen (secondary N) is 1. The van der Waals surface area contributed by atoms with Crippen molar-refractivity contribution in [2.45, 2.75) is 45.1 Å². The van der Waals surface area contributed by atoms with Crippen molar-refractivity contribution in [2.75, 3.05) is 29.9 Å². The van der Waals surface area contributed by atoms with Gasteiger partial charge in [-0.25, -0.2) is 0 Å². The number of benzene rings is 3. The molecule has 5 rings (SSSR count). The van der Waals surface area contributed by atoms with Gasteiger partial charge in [0, 0.05) is 37.4 Å². The van der Waals surface area contributed by atoms with Crippen molar-refractivity contribution in [1.29, 1.82) is 0 Å². The summed E-state index contributed by atoms with van der Waals surface area (Å²) >= 11 is 0. The SMILES string of the molecule is O=C(Nc1ccccc1C(=O)N1CCCCCC1)c1ccc(CN2CCCc3ccccc32)cc1. The Hall–Kier alpha value is -3.60. The number of nitrogens with zero attached hydrogens (tertiary/aromatic N) is 2. The zero-order chi connectivity index (χ0) is 24.0. The summed E-state index contributed by atoms with van der Waals surface area (Å²) in [5, 5.41) is 2.98. The second kappa shape index (κ2) is 10.8. The van der Waals surface area contributed by atoms with Crippen molar-refractivity contribution >= 4 is 23.2 Å². The van der Waals surface area contributed by atoms with Gasteiger partial charge in [0.05, 0.1) is 11.3 Å². The highest BCUT2D eigenvalue weighted by Crippen LogP contribution is 2.28. The fraction of sp³-hybridized carbons (Fsp3) is 0.333. The number of aryl methyl sites for hydroxylation is 1. The summed E-state index contributed by atoms with van der Waals surface area (Å²) < 4.78 is 0. The minimum Gasteiger partial charge on any atom is -0.367 e. The number of amides is 2. The number of fused-ring (bicyclic) bond motifs is 1. The van der Waals surface area contributed by atoms with Crippen LogP contribution in [-0.4, -0.2) is 36.3 Å². The molecule has 35 heavy (non-hydrogen) atoms. The van der Waals surface area contributed by atoms with Crippen molar-refractivity contribution < 1.29 is 9.59 Å². The monoisotopic (exact) mass is 467 g/mol. The molecule has 1 saturated heterocycles. The van der Waals surface area contributed by atoms with Gasteiger partial charge >= 0.3 is 0 Å². The fourth-order valence-electron chi connectivity index (χ4n) is 5.17. The lowest BCUT2D eigenvalue weighted by molar-refractivity contribution is 0.0762. The number of hydrogen-bond donors (Lipinski definition) is 1. The Labute approximate surface area is 207 Å². The second-order valence-corrected chi connectivity index (χ2v) is 9.56. The van der Waals surface area contributed by atoms with E-state index in [4.69, 9.17) is 0 Å². The Balaban J connectivity index is 1.26. The molecule has 1 fully saturated rings. The van der Waals surface area contributed by atoms with Crippen LogP contribution in [0.15, 0.2) is 72.8 Å². The first-order valence-corrected chi connectivity index (χ1v) is 12.8. The van der Waals surface area contributed by atoms with Crippen molar-refractivity contribution in [2.24, 2.45) is 0 Å². The van der Waals surface area contributed by atoms with E-state index in [9.17, 15) is 9.59 Å². The Morgan fingerprint density at radius 2 is 1.46 bits per heavy atom. The molecule has 0 aromatic heterocycles. The molecule has 3 aromatic rings. The number of likely N-dealkylation sites (tertiary alicyclic amines) is 1. The minimum absolute atomic E-state index is 0.0000364. The van der Waals surface area contributed by atoms with Crippen molar-refractivity contribution in [3.8, 4) is 0 Å². The molecule has 180 valence electrons. The molecule has 5 nitrogen and oxygen atoms in total. The van der Waals surface area contributed by atoms with Crippen molar-refractivity contribution in [1.82, 2.24) is 4.90 Å². The summed E-state index contributed by atoms with van der Waals surface area (Å²) in [4.78, 5) is 30.6. The van der Waals surface area contributed by atoms with E-state index in [2.05, 4.69) is 34.5 Å². The van der Waals surface area contributed by atoms with Gasteiger partial charge in [-0.3, -0.25) is 9.59 Å². The van der Waals surface area contributed by atoms with Gasteiger partial charge in [0.2, 0.25) is 0 Å². The molecule has 2 aliphatic rings. The van der Waals surface area contributed by atoms with Crippen LogP contribution in [0.3, 0.4) is 0 Å². The Morgan fingerprint density at radius 1 is 0.743 bits per heavy atom. The van der Waals surface area contributed by atoms with E-state index in [0.717, 1.165) is 51.9 Å². The van der Waals surface area contributed by atoms with Crippen molar-refractivity contribution in [3.05, 3.63) is 95.1 Å². The Bertz CT molecular complexity index is 1180. The van der Waals surface area contributed by atoms with Gasteiger partial charge in [-0.15, -0.1) is 0 Å². The summed E-state index contributed by atoms with van der Waals surface area (Å²) in [6, 6.07) is 23.7. The van der Waals surface area contributed by atoms with Gasteiger partial charge in [0.1, 0.15) is 0 Å².